The number of amides is 3. The summed E-state index contributed by atoms with van der Waals surface area (Å²) in [5.74, 6) is -1.71. The largest absolute Gasteiger partial charge is 0.370 e. The Labute approximate surface area is 92.9 Å². The van der Waals surface area contributed by atoms with Crippen molar-refractivity contribution in [3.63, 3.8) is 0 Å². The van der Waals surface area contributed by atoms with Crippen LogP contribution in [0, 0.1) is 5.92 Å². The van der Waals surface area contributed by atoms with Crippen molar-refractivity contribution >= 4 is 17.7 Å². The molecular formula is C9H16N4O3. The molecule has 1 aliphatic heterocycles. The molecular weight excluding hydrogens is 212 g/mol. The second-order valence-electron chi connectivity index (χ2n) is 3.95. The first kappa shape index (κ1) is 12.4. The van der Waals surface area contributed by atoms with Gasteiger partial charge in [0.1, 0.15) is 0 Å². The highest BCUT2D eigenvalue weighted by Crippen LogP contribution is 2.16. The standard InChI is InChI=1S/C9H16N4O3/c10-6(3-7(11)14)9(16)13-2-1-5(4-13)8(12)15/h5-6H,1-4,10H2,(H2,11,14)(H2,12,15). The summed E-state index contributed by atoms with van der Waals surface area (Å²) < 4.78 is 0. The van der Waals surface area contributed by atoms with Crippen molar-refractivity contribution in [2.45, 2.75) is 18.9 Å². The Balaban J connectivity index is 2.50. The van der Waals surface area contributed by atoms with Crippen LogP contribution in [0.4, 0.5) is 0 Å². The van der Waals surface area contributed by atoms with Gasteiger partial charge < -0.3 is 22.1 Å². The van der Waals surface area contributed by atoms with Gasteiger partial charge in [-0.3, -0.25) is 14.4 Å². The third-order valence-corrected chi connectivity index (χ3v) is 2.64. The maximum atomic E-state index is 11.7. The van der Waals surface area contributed by atoms with Gasteiger partial charge in [-0.2, -0.15) is 0 Å². The van der Waals surface area contributed by atoms with Crippen LogP contribution in [-0.2, 0) is 14.4 Å². The maximum absolute atomic E-state index is 11.7. The second kappa shape index (κ2) is 4.93. The highest BCUT2D eigenvalue weighted by molar-refractivity contribution is 5.88. The van der Waals surface area contributed by atoms with Gasteiger partial charge >= 0.3 is 0 Å². The molecule has 1 heterocycles. The number of rotatable bonds is 4. The van der Waals surface area contributed by atoms with E-state index in [0.717, 1.165) is 0 Å². The van der Waals surface area contributed by atoms with Gasteiger partial charge in [0, 0.05) is 13.1 Å². The lowest BCUT2D eigenvalue weighted by atomic mass is 10.1. The molecule has 0 aromatic carbocycles. The Morgan fingerprint density at radius 3 is 2.38 bits per heavy atom. The van der Waals surface area contributed by atoms with Crippen molar-refractivity contribution < 1.29 is 14.4 Å². The van der Waals surface area contributed by atoms with Crippen molar-refractivity contribution in [3.8, 4) is 0 Å². The first-order valence-electron chi connectivity index (χ1n) is 5.03. The van der Waals surface area contributed by atoms with E-state index in [1.165, 1.54) is 4.90 Å². The number of nitrogens with zero attached hydrogens (tertiary/aromatic N) is 1. The van der Waals surface area contributed by atoms with Crippen molar-refractivity contribution in [1.29, 1.82) is 0 Å². The van der Waals surface area contributed by atoms with E-state index in [4.69, 9.17) is 17.2 Å². The zero-order valence-corrected chi connectivity index (χ0v) is 8.89. The molecule has 7 nitrogen and oxygen atoms in total. The molecule has 1 fully saturated rings. The summed E-state index contributed by atoms with van der Waals surface area (Å²) in [6.45, 7) is 0.722. The molecule has 0 spiro atoms. The quantitative estimate of drug-likeness (QED) is 0.491. The number of hydrogen-bond acceptors (Lipinski definition) is 4. The molecule has 0 aromatic rings. The molecule has 16 heavy (non-hydrogen) atoms. The molecule has 0 saturated carbocycles. The van der Waals surface area contributed by atoms with Crippen LogP contribution in [0.25, 0.3) is 0 Å². The average molecular weight is 228 g/mol. The summed E-state index contributed by atoms with van der Waals surface area (Å²) >= 11 is 0. The molecule has 2 atom stereocenters. The Morgan fingerprint density at radius 1 is 1.31 bits per heavy atom. The first-order chi connectivity index (χ1) is 7.41. The van der Waals surface area contributed by atoms with E-state index < -0.39 is 17.9 Å². The molecule has 7 heteroatoms. The summed E-state index contributed by atoms with van der Waals surface area (Å²) in [5, 5.41) is 0. The number of likely N-dealkylation sites (tertiary alicyclic amines) is 1. The van der Waals surface area contributed by atoms with Gasteiger partial charge in [0.25, 0.3) is 0 Å². The lowest BCUT2D eigenvalue weighted by Crippen LogP contribution is -2.45. The fourth-order valence-corrected chi connectivity index (χ4v) is 1.73. The van der Waals surface area contributed by atoms with E-state index in [1.807, 2.05) is 0 Å². The van der Waals surface area contributed by atoms with Crippen molar-refractivity contribution in [1.82, 2.24) is 4.90 Å². The predicted octanol–water partition coefficient (Wildman–Crippen LogP) is -2.48. The van der Waals surface area contributed by atoms with Gasteiger partial charge in [0.2, 0.25) is 17.7 Å². The van der Waals surface area contributed by atoms with Gasteiger partial charge in [-0.25, -0.2) is 0 Å². The van der Waals surface area contributed by atoms with Gasteiger partial charge in [0.05, 0.1) is 18.4 Å². The van der Waals surface area contributed by atoms with Crippen LogP contribution in [0.3, 0.4) is 0 Å². The molecule has 1 aliphatic rings. The number of primary amides is 2. The summed E-state index contributed by atoms with van der Waals surface area (Å²) in [4.78, 5) is 34.6. The second-order valence-corrected chi connectivity index (χ2v) is 3.95. The lowest BCUT2D eigenvalue weighted by Gasteiger charge is -2.19. The van der Waals surface area contributed by atoms with E-state index in [9.17, 15) is 14.4 Å². The third-order valence-electron chi connectivity index (χ3n) is 2.64. The highest BCUT2D eigenvalue weighted by Gasteiger charge is 2.32. The molecule has 1 rings (SSSR count). The third kappa shape index (κ3) is 2.93. The van der Waals surface area contributed by atoms with Gasteiger partial charge in [-0.1, -0.05) is 0 Å². The fraction of sp³-hybridized carbons (Fsp3) is 0.667. The minimum atomic E-state index is -0.927. The number of carbonyl (C=O) groups is 3. The van der Waals surface area contributed by atoms with Gasteiger partial charge in [0.15, 0.2) is 0 Å². The minimum absolute atomic E-state index is 0.184. The predicted molar refractivity (Wildman–Crippen MR) is 55.7 cm³/mol. The molecule has 6 N–H and O–H groups in total. The van der Waals surface area contributed by atoms with Gasteiger partial charge in [-0.05, 0) is 6.42 Å². The Bertz CT molecular complexity index is 318. The van der Waals surface area contributed by atoms with Crippen LogP contribution in [-0.4, -0.2) is 41.8 Å². The normalized spacial score (nSPS) is 21.8. The Kier molecular flexibility index (Phi) is 3.83. The van der Waals surface area contributed by atoms with Crippen LogP contribution in [0.2, 0.25) is 0 Å². The smallest absolute Gasteiger partial charge is 0.240 e. The average Bonchev–Trinajstić information content (AvgIpc) is 2.64. The molecule has 1 saturated heterocycles. The van der Waals surface area contributed by atoms with Crippen molar-refractivity contribution in [3.05, 3.63) is 0 Å². The molecule has 0 bridgehead atoms. The van der Waals surface area contributed by atoms with E-state index in [-0.39, 0.29) is 24.8 Å². The highest BCUT2D eigenvalue weighted by atomic mass is 16.2. The summed E-state index contributed by atoms with van der Waals surface area (Å²) in [6, 6.07) is -0.927. The number of hydrogen-bond donors (Lipinski definition) is 3. The number of nitrogens with two attached hydrogens (primary N) is 3. The molecule has 2 unspecified atom stereocenters. The monoisotopic (exact) mass is 228 g/mol. The van der Waals surface area contributed by atoms with Crippen LogP contribution >= 0.6 is 0 Å². The van der Waals surface area contributed by atoms with E-state index >= 15 is 0 Å². The summed E-state index contributed by atoms with van der Waals surface area (Å²) in [6.07, 6.45) is 0.362. The minimum Gasteiger partial charge on any atom is -0.370 e. The zero-order valence-electron chi connectivity index (χ0n) is 8.89. The van der Waals surface area contributed by atoms with E-state index in [0.29, 0.717) is 13.0 Å². The molecule has 0 aliphatic carbocycles. The molecule has 0 aromatic heterocycles. The van der Waals surface area contributed by atoms with E-state index in [2.05, 4.69) is 0 Å². The topological polar surface area (TPSA) is 133 Å². The SMILES string of the molecule is NC(=O)CC(N)C(=O)N1CCC(C(N)=O)C1. The van der Waals surface area contributed by atoms with Gasteiger partial charge in [-0.15, -0.1) is 0 Å². The van der Waals surface area contributed by atoms with E-state index in [1.54, 1.807) is 0 Å². The fourth-order valence-electron chi connectivity index (χ4n) is 1.73. The Hall–Kier alpha value is -1.63. The summed E-state index contributed by atoms with van der Waals surface area (Å²) in [7, 11) is 0. The van der Waals surface area contributed by atoms with Crippen LogP contribution < -0.4 is 17.2 Å². The molecule has 3 amide bonds. The van der Waals surface area contributed by atoms with Crippen LogP contribution in [0.1, 0.15) is 12.8 Å². The zero-order chi connectivity index (χ0) is 12.3. The van der Waals surface area contributed by atoms with Crippen LogP contribution in [0.5, 0.6) is 0 Å². The Morgan fingerprint density at radius 2 is 1.94 bits per heavy atom. The lowest BCUT2D eigenvalue weighted by molar-refractivity contribution is -0.134. The van der Waals surface area contributed by atoms with Crippen molar-refractivity contribution in [2.24, 2.45) is 23.1 Å². The van der Waals surface area contributed by atoms with Crippen molar-refractivity contribution in [2.75, 3.05) is 13.1 Å². The van der Waals surface area contributed by atoms with Crippen LogP contribution in [0.15, 0.2) is 0 Å². The first-order valence-corrected chi connectivity index (χ1v) is 5.03. The maximum Gasteiger partial charge on any atom is 0.240 e. The molecule has 0 radical (unpaired) electrons. The molecule has 90 valence electrons. The number of carbonyl (C=O) groups excluding carboxylic acids is 3. The summed E-state index contributed by atoms with van der Waals surface area (Å²) in [5.41, 5.74) is 15.6.